The molecule has 1 aliphatic rings. The summed E-state index contributed by atoms with van der Waals surface area (Å²) in [6.45, 7) is 7.89. The summed E-state index contributed by atoms with van der Waals surface area (Å²) in [5.74, 6) is -0.297. The lowest BCUT2D eigenvalue weighted by molar-refractivity contribution is -0.204. The van der Waals surface area contributed by atoms with E-state index in [4.69, 9.17) is 14.2 Å². The van der Waals surface area contributed by atoms with E-state index in [1.165, 1.54) is 6.08 Å². The maximum Gasteiger partial charge on any atom is 0.330 e. The molecule has 0 aliphatic carbocycles. The van der Waals surface area contributed by atoms with E-state index >= 15 is 0 Å². The molecule has 2 rings (SSSR count). The Morgan fingerprint density at radius 3 is 2.74 bits per heavy atom. The minimum absolute atomic E-state index is 0.126. The average molecular weight is 334 g/mol. The molecule has 5 heteroatoms. The van der Waals surface area contributed by atoms with Crippen molar-refractivity contribution in [2.75, 3.05) is 13.2 Å². The van der Waals surface area contributed by atoms with E-state index < -0.39 is 8.07 Å². The summed E-state index contributed by atoms with van der Waals surface area (Å²) >= 11 is 0. The van der Waals surface area contributed by atoms with Gasteiger partial charge >= 0.3 is 5.97 Å². The molecule has 0 spiro atoms. The number of hydrogen-bond donors (Lipinski definition) is 0. The van der Waals surface area contributed by atoms with Crippen LogP contribution >= 0.6 is 0 Å². The second-order valence-corrected chi connectivity index (χ2v) is 12.5. The highest BCUT2D eigenvalue weighted by molar-refractivity contribution is 6.76. The molecule has 2 atom stereocenters. The first-order valence-corrected chi connectivity index (χ1v) is 11.8. The molecule has 1 heterocycles. The highest BCUT2D eigenvalue weighted by Gasteiger charge is 2.22. The molecule has 1 saturated heterocycles. The van der Waals surface area contributed by atoms with Crippen molar-refractivity contribution in [1.82, 2.24) is 0 Å². The monoisotopic (exact) mass is 334 g/mol. The SMILES string of the molecule is C[Si](C)(C)CCOC(=O)/C=C\[C@@H]1CCO[C@H](c2ccccc2)O1. The Balaban J connectivity index is 1.79. The molecule has 23 heavy (non-hydrogen) atoms. The number of hydrogen-bond acceptors (Lipinski definition) is 4. The molecule has 0 unspecified atom stereocenters. The Morgan fingerprint density at radius 2 is 2.04 bits per heavy atom. The largest absolute Gasteiger partial charge is 0.463 e. The van der Waals surface area contributed by atoms with Crippen molar-refractivity contribution in [3.63, 3.8) is 0 Å². The van der Waals surface area contributed by atoms with Gasteiger partial charge in [0, 0.05) is 26.1 Å². The van der Waals surface area contributed by atoms with E-state index in [9.17, 15) is 4.79 Å². The molecule has 0 N–H and O–H groups in total. The highest BCUT2D eigenvalue weighted by atomic mass is 28.3. The zero-order chi connectivity index (χ0) is 16.7. The van der Waals surface area contributed by atoms with Crippen molar-refractivity contribution >= 4 is 14.0 Å². The molecule has 126 valence electrons. The Labute approximate surface area is 139 Å². The molecular formula is C18H26O4Si. The van der Waals surface area contributed by atoms with Crippen molar-refractivity contribution in [2.24, 2.45) is 0 Å². The maximum atomic E-state index is 11.7. The van der Waals surface area contributed by atoms with Crippen LogP contribution in [0.3, 0.4) is 0 Å². The lowest BCUT2D eigenvalue weighted by Gasteiger charge is -2.28. The summed E-state index contributed by atoms with van der Waals surface area (Å²) in [4.78, 5) is 11.7. The lowest BCUT2D eigenvalue weighted by Crippen LogP contribution is -2.26. The molecule has 0 aromatic heterocycles. The third-order valence-electron chi connectivity index (χ3n) is 3.59. The first-order chi connectivity index (χ1) is 10.9. The normalized spacial score (nSPS) is 22.2. The Hall–Kier alpha value is -1.43. The van der Waals surface area contributed by atoms with E-state index in [0.717, 1.165) is 18.0 Å². The van der Waals surface area contributed by atoms with Crippen LogP contribution < -0.4 is 0 Å². The third kappa shape index (κ3) is 6.68. The van der Waals surface area contributed by atoms with Crippen molar-refractivity contribution in [1.29, 1.82) is 0 Å². The number of benzene rings is 1. The van der Waals surface area contributed by atoms with Gasteiger partial charge in [-0.15, -0.1) is 0 Å². The van der Waals surface area contributed by atoms with E-state index in [1.54, 1.807) is 6.08 Å². The van der Waals surface area contributed by atoms with E-state index in [0.29, 0.717) is 13.2 Å². The molecule has 0 bridgehead atoms. The second-order valence-electron chi connectivity index (χ2n) is 6.91. The maximum absolute atomic E-state index is 11.7. The van der Waals surface area contributed by atoms with Gasteiger partial charge in [0.15, 0.2) is 6.29 Å². The molecule has 1 aromatic carbocycles. The number of ether oxygens (including phenoxy) is 3. The second kappa shape index (κ2) is 8.43. The first kappa shape index (κ1) is 17.9. The van der Waals surface area contributed by atoms with Gasteiger partial charge in [0.1, 0.15) is 0 Å². The fourth-order valence-electron chi connectivity index (χ4n) is 2.18. The Bertz CT molecular complexity index is 522. The highest BCUT2D eigenvalue weighted by Crippen LogP contribution is 2.26. The molecule has 0 saturated carbocycles. The van der Waals surface area contributed by atoms with Gasteiger partial charge < -0.3 is 14.2 Å². The number of rotatable bonds is 6. The molecule has 0 amide bonds. The smallest absolute Gasteiger partial charge is 0.330 e. The van der Waals surface area contributed by atoms with Crippen LogP contribution in [-0.4, -0.2) is 33.4 Å². The van der Waals surface area contributed by atoms with Crippen LogP contribution in [-0.2, 0) is 19.0 Å². The van der Waals surface area contributed by atoms with Gasteiger partial charge in [-0.1, -0.05) is 50.0 Å². The van der Waals surface area contributed by atoms with Gasteiger partial charge in [-0.25, -0.2) is 4.79 Å². The van der Waals surface area contributed by atoms with E-state index in [-0.39, 0.29) is 18.4 Å². The summed E-state index contributed by atoms with van der Waals surface area (Å²) < 4.78 is 16.8. The van der Waals surface area contributed by atoms with Crippen LogP contribution in [0.4, 0.5) is 0 Å². The fraction of sp³-hybridized carbons (Fsp3) is 0.500. The summed E-state index contributed by atoms with van der Waals surface area (Å²) in [5, 5.41) is 0. The van der Waals surface area contributed by atoms with Gasteiger partial charge in [-0.3, -0.25) is 0 Å². The van der Waals surface area contributed by atoms with Crippen molar-refractivity contribution in [3.05, 3.63) is 48.0 Å². The van der Waals surface area contributed by atoms with Crippen LogP contribution in [0.25, 0.3) is 0 Å². The Kier molecular flexibility index (Phi) is 6.56. The number of carbonyl (C=O) groups is 1. The standard InChI is InChI=1S/C18H26O4Si/c1-23(2,3)14-13-20-17(19)10-9-16-11-12-21-18(22-16)15-7-5-4-6-8-15/h4-10,16,18H,11-14H2,1-3H3/b10-9-/t16-,18+/m1/s1. The predicted molar refractivity (Wildman–Crippen MR) is 92.9 cm³/mol. The molecule has 4 nitrogen and oxygen atoms in total. The predicted octanol–water partition coefficient (Wildman–Crippen LogP) is 3.93. The van der Waals surface area contributed by atoms with Crippen LogP contribution in [0.2, 0.25) is 25.7 Å². The number of carbonyl (C=O) groups excluding carboxylic acids is 1. The molecule has 1 aliphatic heterocycles. The van der Waals surface area contributed by atoms with Crippen molar-refractivity contribution in [3.8, 4) is 0 Å². The summed E-state index contributed by atoms with van der Waals surface area (Å²) in [6.07, 6.45) is 3.49. The quantitative estimate of drug-likeness (QED) is 0.449. The lowest BCUT2D eigenvalue weighted by atomic mass is 10.1. The summed E-state index contributed by atoms with van der Waals surface area (Å²) in [5.41, 5.74) is 0.989. The van der Waals surface area contributed by atoms with Gasteiger partial charge in [0.2, 0.25) is 0 Å². The molecule has 1 aromatic rings. The topological polar surface area (TPSA) is 44.8 Å². The fourth-order valence-corrected chi connectivity index (χ4v) is 2.89. The van der Waals surface area contributed by atoms with Gasteiger partial charge in [-0.05, 0) is 12.1 Å². The minimum Gasteiger partial charge on any atom is -0.463 e. The van der Waals surface area contributed by atoms with Crippen molar-refractivity contribution in [2.45, 2.75) is 44.5 Å². The zero-order valence-electron chi connectivity index (χ0n) is 14.2. The van der Waals surface area contributed by atoms with Crippen LogP contribution in [0.5, 0.6) is 0 Å². The molecule has 0 radical (unpaired) electrons. The van der Waals surface area contributed by atoms with Crippen LogP contribution in [0.15, 0.2) is 42.5 Å². The summed E-state index contributed by atoms with van der Waals surface area (Å²) in [6, 6.07) is 10.8. The first-order valence-electron chi connectivity index (χ1n) is 8.11. The minimum atomic E-state index is -1.17. The third-order valence-corrected chi connectivity index (χ3v) is 5.29. The van der Waals surface area contributed by atoms with Crippen molar-refractivity contribution < 1.29 is 19.0 Å². The average Bonchev–Trinajstić information content (AvgIpc) is 2.53. The van der Waals surface area contributed by atoms with Gasteiger partial charge in [0.25, 0.3) is 0 Å². The van der Waals surface area contributed by atoms with Gasteiger partial charge in [0.05, 0.1) is 19.3 Å². The Morgan fingerprint density at radius 1 is 1.30 bits per heavy atom. The summed E-state index contributed by atoms with van der Waals surface area (Å²) in [7, 11) is -1.17. The van der Waals surface area contributed by atoms with Gasteiger partial charge in [-0.2, -0.15) is 0 Å². The van der Waals surface area contributed by atoms with E-state index in [2.05, 4.69) is 19.6 Å². The molecular weight excluding hydrogens is 308 g/mol. The zero-order valence-corrected chi connectivity index (χ0v) is 15.2. The van der Waals surface area contributed by atoms with Crippen LogP contribution in [0, 0.1) is 0 Å². The number of esters is 1. The van der Waals surface area contributed by atoms with E-state index in [1.807, 2.05) is 30.3 Å². The molecule has 1 fully saturated rings. The van der Waals surface area contributed by atoms with Crippen LogP contribution in [0.1, 0.15) is 18.3 Å².